The predicted octanol–water partition coefficient (Wildman–Crippen LogP) is -1.96. The summed E-state index contributed by atoms with van der Waals surface area (Å²) in [7, 11) is -1.08. The number of hydrogen-bond acceptors (Lipinski definition) is 10. The van der Waals surface area contributed by atoms with Crippen LogP contribution in [0.3, 0.4) is 0 Å². The zero-order valence-electron chi connectivity index (χ0n) is 17.0. The molecule has 15 nitrogen and oxygen atoms in total. The highest BCUT2D eigenvalue weighted by Gasteiger charge is 2.54. The van der Waals surface area contributed by atoms with Gasteiger partial charge in [0, 0.05) is 34.7 Å². The maximum absolute atomic E-state index is 12.6. The Bertz CT molecular complexity index is 1090. The number of carbonyl (C=O) groups is 4. The Kier molecular flexibility index (Phi) is 7.22. The van der Waals surface area contributed by atoms with E-state index in [0.29, 0.717) is 5.71 Å². The van der Waals surface area contributed by atoms with Gasteiger partial charge in [-0.25, -0.2) is 14.6 Å². The number of nitrogens with one attached hydrogen (secondary N) is 2. The van der Waals surface area contributed by atoms with E-state index in [4.69, 9.17) is 16.9 Å². The summed E-state index contributed by atoms with van der Waals surface area (Å²) in [5.74, 6) is -2.99. The van der Waals surface area contributed by atoms with Gasteiger partial charge in [0.1, 0.15) is 17.1 Å². The molecule has 2 unspecified atom stereocenters. The van der Waals surface area contributed by atoms with Crippen molar-refractivity contribution in [1.29, 1.82) is 5.41 Å². The summed E-state index contributed by atoms with van der Waals surface area (Å²) in [5, 5.41) is 26.2. The Morgan fingerprint density at radius 2 is 2.18 bits per heavy atom. The molecule has 3 aliphatic rings. The van der Waals surface area contributed by atoms with Crippen LogP contribution in [0.1, 0.15) is 13.3 Å². The average Bonchev–Trinajstić information content (AvgIpc) is 3.08. The SMILES string of the molecule is CC(=O)ON=S1CC(CC(=O)NC2C(=O)N3C(C(=O)O)=C(C=NN=C(N)N)CS[C@@H]23)=NC1=N. The normalized spacial score (nSPS) is 24.3. The number of fused-ring (bicyclic) bond motifs is 1. The van der Waals surface area contributed by atoms with E-state index < -0.39 is 45.9 Å². The molecule has 0 bridgehead atoms. The van der Waals surface area contributed by atoms with Crippen LogP contribution in [0.4, 0.5) is 0 Å². The number of nitrogens with two attached hydrogens (primary N) is 2. The molecular weight excluding hydrogens is 478 g/mol. The molecule has 3 rings (SSSR count). The van der Waals surface area contributed by atoms with Gasteiger partial charge in [0.15, 0.2) is 5.17 Å². The third-order valence-electron chi connectivity index (χ3n) is 4.31. The lowest BCUT2D eigenvalue weighted by molar-refractivity contribution is -0.150. The van der Waals surface area contributed by atoms with Gasteiger partial charge in [-0.1, -0.05) is 0 Å². The van der Waals surface area contributed by atoms with Crippen molar-refractivity contribution in [3.63, 3.8) is 0 Å². The molecule has 176 valence electrons. The Balaban J connectivity index is 1.64. The maximum Gasteiger partial charge on any atom is 0.353 e. The molecule has 3 heterocycles. The molecule has 0 aromatic carbocycles. The van der Waals surface area contributed by atoms with Gasteiger partial charge in [-0.15, -0.1) is 16.9 Å². The minimum Gasteiger partial charge on any atom is -0.477 e. The lowest BCUT2D eigenvalue weighted by Crippen LogP contribution is -2.70. The van der Waals surface area contributed by atoms with E-state index in [1.165, 1.54) is 18.7 Å². The van der Waals surface area contributed by atoms with E-state index in [1.807, 2.05) is 0 Å². The number of rotatable bonds is 7. The first kappa shape index (κ1) is 24.1. The summed E-state index contributed by atoms with van der Waals surface area (Å²) < 4.78 is 3.63. The van der Waals surface area contributed by atoms with E-state index in [1.54, 1.807) is 0 Å². The smallest absolute Gasteiger partial charge is 0.353 e. The van der Waals surface area contributed by atoms with Crippen LogP contribution in [0.2, 0.25) is 0 Å². The second-order valence-corrected chi connectivity index (χ2v) is 9.39. The van der Waals surface area contributed by atoms with Crippen LogP contribution >= 0.6 is 11.8 Å². The second-order valence-electron chi connectivity index (χ2n) is 6.73. The minimum absolute atomic E-state index is 0.112. The van der Waals surface area contributed by atoms with Gasteiger partial charge in [-0.2, -0.15) is 5.10 Å². The molecule has 17 heteroatoms. The van der Waals surface area contributed by atoms with Gasteiger partial charge in [0.2, 0.25) is 11.9 Å². The molecule has 3 aliphatic heterocycles. The standard InChI is InChI=1S/C16H19N9O6S2/c1-6(26)31-24-33-5-8(21-16(33)19)2-9(27)22-10-12(28)25-11(14(29)30)7(4-32-13(10)25)3-20-23-15(17)18/h3,10,13,19H,2,4-5H2,1H3,(H,22,27)(H,29,30)(H4,17,18,23)/t10?,13-,33?/m0/s1. The number of amidine groups is 1. The number of nitrogens with zero attached hydrogens (tertiary/aromatic N) is 5. The molecule has 0 spiro atoms. The number of amides is 2. The Morgan fingerprint density at radius 3 is 2.82 bits per heavy atom. The fourth-order valence-electron chi connectivity index (χ4n) is 3.02. The largest absolute Gasteiger partial charge is 0.477 e. The summed E-state index contributed by atoms with van der Waals surface area (Å²) in [6.45, 7) is 1.18. The molecule has 0 aromatic heterocycles. The van der Waals surface area contributed by atoms with Crippen molar-refractivity contribution in [3.8, 4) is 0 Å². The van der Waals surface area contributed by atoms with Crippen molar-refractivity contribution < 1.29 is 29.1 Å². The van der Waals surface area contributed by atoms with E-state index in [-0.39, 0.29) is 40.3 Å². The van der Waals surface area contributed by atoms with Gasteiger partial charge in [0.05, 0.1) is 18.4 Å². The van der Waals surface area contributed by atoms with Crippen molar-refractivity contribution in [2.24, 2.45) is 31.2 Å². The first-order valence-electron chi connectivity index (χ1n) is 9.15. The summed E-state index contributed by atoms with van der Waals surface area (Å²) >= 11 is 1.25. The molecule has 0 radical (unpaired) electrons. The first-order chi connectivity index (χ1) is 15.6. The molecule has 7 N–H and O–H groups in total. The van der Waals surface area contributed by atoms with Crippen molar-refractivity contribution >= 4 is 69.3 Å². The number of thioether (sulfide) groups is 1. The number of hydrogen-bond donors (Lipinski definition) is 5. The summed E-state index contributed by atoms with van der Waals surface area (Å²) in [6, 6.07) is -0.918. The monoisotopic (exact) mass is 497 g/mol. The zero-order valence-corrected chi connectivity index (χ0v) is 18.7. The third-order valence-corrected chi connectivity index (χ3v) is 7.01. The maximum atomic E-state index is 12.6. The Hall–Kier alpha value is -3.60. The van der Waals surface area contributed by atoms with Gasteiger partial charge in [-0.3, -0.25) is 19.9 Å². The van der Waals surface area contributed by atoms with Crippen molar-refractivity contribution in [3.05, 3.63) is 11.3 Å². The van der Waals surface area contributed by atoms with Crippen molar-refractivity contribution in [1.82, 2.24) is 10.2 Å². The topological polar surface area (TPSA) is 238 Å². The number of guanidine groups is 1. The second kappa shape index (κ2) is 9.90. The number of aliphatic carboxylic acids is 1. The number of aliphatic imine (C=N–C) groups is 1. The van der Waals surface area contributed by atoms with Crippen LogP contribution in [-0.2, 0) is 34.7 Å². The van der Waals surface area contributed by atoms with Crippen LogP contribution < -0.4 is 16.8 Å². The van der Waals surface area contributed by atoms with E-state index in [9.17, 15) is 24.3 Å². The van der Waals surface area contributed by atoms with Crippen LogP contribution in [0, 0.1) is 5.41 Å². The van der Waals surface area contributed by atoms with Crippen LogP contribution in [0.15, 0.2) is 31.0 Å². The molecule has 1 saturated heterocycles. The number of carboxylic acid groups (broad SMARTS) is 1. The first-order valence-corrected chi connectivity index (χ1v) is 11.6. The number of β-lactam (4-membered cyclic amide) rings is 1. The van der Waals surface area contributed by atoms with Crippen LogP contribution in [-0.4, -0.2) is 79.7 Å². The number of carbonyl (C=O) groups excluding carboxylic acids is 3. The highest BCUT2D eigenvalue weighted by molar-refractivity contribution is 8.03. The minimum atomic E-state index is -1.33. The molecule has 0 aliphatic carbocycles. The summed E-state index contributed by atoms with van der Waals surface area (Å²) in [6.07, 6.45) is 0.984. The molecule has 2 amide bonds. The average molecular weight is 498 g/mol. The van der Waals surface area contributed by atoms with Crippen molar-refractivity contribution in [2.75, 3.05) is 11.5 Å². The fraction of sp³-hybridized carbons (Fsp3) is 0.375. The lowest BCUT2D eigenvalue weighted by atomic mass is 10.0. The van der Waals surface area contributed by atoms with E-state index in [0.717, 1.165) is 11.1 Å². The van der Waals surface area contributed by atoms with Crippen molar-refractivity contribution in [2.45, 2.75) is 24.8 Å². The molecule has 0 aromatic rings. The van der Waals surface area contributed by atoms with Gasteiger partial charge < -0.3 is 26.7 Å². The highest BCUT2D eigenvalue weighted by atomic mass is 32.2. The fourth-order valence-corrected chi connectivity index (χ4v) is 5.49. The molecular formula is C16H19N9O6S2. The van der Waals surface area contributed by atoms with E-state index >= 15 is 0 Å². The van der Waals surface area contributed by atoms with Gasteiger partial charge in [0.25, 0.3) is 5.91 Å². The number of carboxylic acids is 1. The molecule has 1 fully saturated rings. The van der Waals surface area contributed by atoms with Gasteiger partial charge >= 0.3 is 11.9 Å². The highest BCUT2D eigenvalue weighted by Crippen LogP contribution is 2.39. The quantitative estimate of drug-likeness (QED) is 0.113. The summed E-state index contributed by atoms with van der Waals surface area (Å²) in [4.78, 5) is 57.2. The predicted molar refractivity (Wildman–Crippen MR) is 120 cm³/mol. The molecule has 3 atom stereocenters. The zero-order chi connectivity index (χ0) is 24.3. The van der Waals surface area contributed by atoms with Crippen LogP contribution in [0.5, 0.6) is 0 Å². The third kappa shape index (κ3) is 5.43. The summed E-state index contributed by atoms with van der Waals surface area (Å²) in [5.41, 5.74) is 10.7. The van der Waals surface area contributed by atoms with Gasteiger partial charge in [-0.05, 0) is 4.53 Å². The van der Waals surface area contributed by atoms with Crippen LogP contribution in [0.25, 0.3) is 0 Å². The lowest BCUT2D eigenvalue weighted by Gasteiger charge is -2.49. The van der Waals surface area contributed by atoms with E-state index in [2.05, 4.69) is 29.9 Å². The Labute approximate surface area is 192 Å². The Morgan fingerprint density at radius 1 is 1.45 bits per heavy atom. The molecule has 33 heavy (non-hydrogen) atoms. The molecule has 0 saturated carbocycles.